The minimum Gasteiger partial charge on any atom is -0.393 e. The second kappa shape index (κ2) is 6.48. The van der Waals surface area contributed by atoms with Crippen LogP contribution >= 0.6 is 12.2 Å². The van der Waals surface area contributed by atoms with Crippen LogP contribution in [-0.4, -0.2) is 32.8 Å². The van der Waals surface area contributed by atoms with Crippen LogP contribution in [0.4, 0.5) is 0 Å². The maximum absolute atomic E-state index is 5.71. The summed E-state index contributed by atoms with van der Waals surface area (Å²) in [5.74, 6) is 0.434. The summed E-state index contributed by atoms with van der Waals surface area (Å²) in [6, 6.07) is 2.61. The highest BCUT2D eigenvalue weighted by molar-refractivity contribution is 7.80. The van der Waals surface area contributed by atoms with Gasteiger partial charge in [0.25, 0.3) is 0 Å². The second-order valence-corrected chi connectivity index (χ2v) is 5.97. The van der Waals surface area contributed by atoms with Gasteiger partial charge in [0.1, 0.15) is 0 Å². The van der Waals surface area contributed by atoms with Gasteiger partial charge in [-0.25, -0.2) is 0 Å². The van der Waals surface area contributed by atoms with Crippen LogP contribution < -0.4 is 5.73 Å². The van der Waals surface area contributed by atoms with Gasteiger partial charge >= 0.3 is 0 Å². The van der Waals surface area contributed by atoms with Crippen molar-refractivity contribution < 1.29 is 0 Å². The summed E-state index contributed by atoms with van der Waals surface area (Å²) >= 11 is 5.07. The molecule has 1 saturated heterocycles. The Morgan fingerprint density at radius 3 is 2.79 bits per heavy atom. The summed E-state index contributed by atoms with van der Waals surface area (Å²) in [6.07, 6.45) is 5.37. The topological polar surface area (TPSA) is 47.1 Å². The number of likely N-dealkylation sites (tertiary alicyclic amines) is 1. The van der Waals surface area contributed by atoms with E-state index in [-0.39, 0.29) is 0 Å². The van der Waals surface area contributed by atoms with Gasteiger partial charge in [0, 0.05) is 24.7 Å². The van der Waals surface area contributed by atoms with Crippen molar-refractivity contribution in [3.8, 4) is 0 Å². The van der Waals surface area contributed by atoms with E-state index in [1.165, 1.54) is 0 Å². The molecular weight excluding hydrogens is 256 g/mol. The SMILES string of the molecule is CCC(C)n1ccc(CN2CCC(C(N)=S)CC2)n1. The van der Waals surface area contributed by atoms with E-state index in [1.54, 1.807) is 0 Å². The zero-order chi connectivity index (χ0) is 13.8. The van der Waals surface area contributed by atoms with Gasteiger partial charge in [0.15, 0.2) is 0 Å². The Morgan fingerprint density at radius 1 is 1.53 bits per heavy atom. The first kappa shape index (κ1) is 14.5. The fourth-order valence-corrected chi connectivity index (χ4v) is 2.73. The highest BCUT2D eigenvalue weighted by Crippen LogP contribution is 2.19. The van der Waals surface area contributed by atoms with E-state index in [0.29, 0.717) is 16.9 Å². The molecule has 4 nitrogen and oxygen atoms in total. The molecular formula is C14H24N4S. The van der Waals surface area contributed by atoms with Gasteiger partial charge in [-0.1, -0.05) is 19.1 Å². The van der Waals surface area contributed by atoms with Crippen LogP contribution in [0.1, 0.15) is 44.8 Å². The molecule has 0 spiro atoms. The molecule has 1 aliphatic rings. The fraction of sp³-hybridized carbons (Fsp3) is 0.714. The monoisotopic (exact) mass is 280 g/mol. The molecule has 1 aliphatic heterocycles. The second-order valence-electron chi connectivity index (χ2n) is 5.50. The lowest BCUT2D eigenvalue weighted by molar-refractivity contribution is 0.199. The Kier molecular flexibility index (Phi) is 4.93. The van der Waals surface area contributed by atoms with Crippen LogP contribution in [0.15, 0.2) is 12.3 Å². The van der Waals surface area contributed by atoms with Crippen LogP contribution in [0.3, 0.4) is 0 Å². The van der Waals surface area contributed by atoms with E-state index in [9.17, 15) is 0 Å². The number of aromatic nitrogens is 2. The molecule has 0 amide bonds. The van der Waals surface area contributed by atoms with Crippen molar-refractivity contribution in [3.05, 3.63) is 18.0 Å². The summed E-state index contributed by atoms with van der Waals surface area (Å²) < 4.78 is 2.07. The van der Waals surface area contributed by atoms with E-state index in [4.69, 9.17) is 18.0 Å². The van der Waals surface area contributed by atoms with E-state index >= 15 is 0 Å². The average molecular weight is 280 g/mol. The van der Waals surface area contributed by atoms with Gasteiger partial charge in [-0.15, -0.1) is 0 Å². The zero-order valence-corrected chi connectivity index (χ0v) is 12.7. The van der Waals surface area contributed by atoms with Gasteiger partial charge in [-0.3, -0.25) is 9.58 Å². The smallest absolute Gasteiger partial charge is 0.0764 e. The summed E-state index contributed by atoms with van der Waals surface area (Å²) in [4.78, 5) is 3.12. The molecule has 1 atom stereocenters. The van der Waals surface area contributed by atoms with Crippen LogP contribution in [0.5, 0.6) is 0 Å². The fourth-order valence-electron chi connectivity index (χ4n) is 2.50. The molecule has 0 saturated carbocycles. The van der Waals surface area contributed by atoms with Crippen LogP contribution in [0.25, 0.3) is 0 Å². The third kappa shape index (κ3) is 3.76. The molecule has 19 heavy (non-hydrogen) atoms. The van der Waals surface area contributed by atoms with Crippen LogP contribution in [0, 0.1) is 5.92 Å². The highest BCUT2D eigenvalue weighted by atomic mass is 32.1. The number of nitrogens with zero attached hydrogens (tertiary/aromatic N) is 3. The lowest BCUT2D eigenvalue weighted by atomic mass is 9.97. The third-order valence-electron chi connectivity index (χ3n) is 4.08. The number of nitrogens with two attached hydrogens (primary N) is 1. The van der Waals surface area contributed by atoms with Gasteiger partial charge < -0.3 is 5.73 Å². The first-order chi connectivity index (χ1) is 9.10. The Bertz CT molecular complexity index is 421. The first-order valence-electron chi connectivity index (χ1n) is 7.15. The number of piperidine rings is 1. The number of thiocarbonyl (C=S) groups is 1. The number of hydrogen-bond donors (Lipinski definition) is 1. The molecule has 106 valence electrons. The van der Waals surface area contributed by atoms with Crippen molar-refractivity contribution in [3.63, 3.8) is 0 Å². The maximum Gasteiger partial charge on any atom is 0.0764 e. The molecule has 2 heterocycles. The molecule has 1 unspecified atom stereocenters. The predicted molar refractivity (Wildman–Crippen MR) is 82.0 cm³/mol. The molecule has 5 heteroatoms. The summed E-state index contributed by atoms with van der Waals surface area (Å²) in [5, 5.41) is 4.65. The Balaban J connectivity index is 1.85. The average Bonchev–Trinajstić information content (AvgIpc) is 2.87. The summed E-state index contributed by atoms with van der Waals surface area (Å²) in [6.45, 7) is 7.46. The van der Waals surface area contributed by atoms with Crippen LogP contribution in [-0.2, 0) is 6.54 Å². The lowest BCUT2D eigenvalue weighted by Gasteiger charge is -2.30. The minimum atomic E-state index is 0.434. The molecule has 0 aliphatic carbocycles. The van der Waals surface area contributed by atoms with Gasteiger partial charge in [0.2, 0.25) is 0 Å². The van der Waals surface area contributed by atoms with Gasteiger partial charge in [0.05, 0.1) is 10.7 Å². The molecule has 0 radical (unpaired) electrons. The normalized spacial score (nSPS) is 19.5. The van der Waals surface area contributed by atoms with E-state index in [0.717, 1.165) is 44.6 Å². The third-order valence-corrected chi connectivity index (χ3v) is 4.41. The Morgan fingerprint density at radius 2 is 2.21 bits per heavy atom. The van der Waals surface area contributed by atoms with Crippen LogP contribution in [0.2, 0.25) is 0 Å². The quantitative estimate of drug-likeness (QED) is 0.841. The number of rotatable bonds is 5. The van der Waals surface area contributed by atoms with Gasteiger partial charge in [-0.05, 0) is 45.3 Å². The van der Waals surface area contributed by atoms with Gasteiger partial charge in [-0.2, -0.15) is 5.10 Å². The van der Waals surface area contributed by atoms with Crippen molar-refractivity contribution >= 4 is 17.2 Å². The highest BCUT2D eigenvalue weighted by Gasteiger charge is 2.21. The van der Waals surface area contributed by atoms with Crippen molar-refractivity contribution in [2.75, 3.05) is 13.1 Å². The minimum absolute atomic E-state index is 0.434. The zero-order valence-electron chi connectivity index (χ0n) is 11.9. The summed E-state index contributed by atoms with van der Waals surface area (Å²) in [7, 11) is 0. The summed E-state index contributed by atoms with van der Waals surface area (Å²) in [5.41, 5.74) is 6.88. The Hall–Kier alpha value is -0.940. The molecule has 2 rings (SSSR count). The maximum atomic E-state index is 5.71. The van der Waals surface area contributed by atoms with E-state index in [1.807, 2.05) is 0 Å². The van der Waals surface area contributed by atoms with Crippen molar-refractivity contribution in [1.82, 2.24) is 14.7 Å². The van der Waals surface area contributed by atoms with Crippen molar-refractivity contribution in [1.29, 1.82) is 0 Å². The lowest BCUT2D eigenvalue weighted by Crippen LogP contribution is -2.37. The van der Waals surface area contributed by atoms with E-state index in [2.05, 4.69) is 40.8 Å². The van der Waals surface area contributed by atoms with Crippen molar-refractivity contribution in [2.45, 2.75) is 45.7 Å². The molecule has 0 bridgehead atoms. The molecule has 2 N–H and O–H groups in total. The van der Waals surface area contributed by atoms with Crippen molar-refractivity contribution in [2.24, 2.45) is 11.7 Å². The first-order valence-corrected chi connectivity index (χ1v) is 7.56. The predicted octanol–water partition coefficient (Wildman–Crippen LogP) is 2.35. The number of hydrogen-bond acceptors (Lipinski definition) is 3. The van der Waals surface area contributed by atoms with E-state index < -0.39 is 0 Å². The Labute approximate surface area is 121 Å². The standard InChI is InChI=1S/C14H24N4S/c1-3-11(2)18-9-6-13(16-18)10-17-7-4-12(5-8-17)14(15)19/h6,9,11-12H,3-5,7-8,10H2,1-2H3,(H2,15,19). The largest absolute Gasteiger partial charge is 0.393 e. The molecule has 1 fully saturated rings. The molecule has 1 aromatic rings. The molecule has 1 aromatic heterocycles. The molecule has 0 aromatic carbocycles.